The summed E-state index contributed by atoms with van der Waals surface area (Å²) < 4.78 is 7.60. The Morgan fingerprint density at radius 3 is 2.94 bits per heavy atom. The minimum absolute atomic E-state index is 0.302. The van der Waals surface area contributed by atoms with Crippen molar-refractivity contribution in [2.45, 2.75) is 46.3 Å². The molecule has 0 bridgehead atoms. The Labute approximate surface area is 104 Å². The molecule has 1 aromatic heterocycles. The molecule has 1 N–H and O–H groups in total. The van der Waals surface area contributed by atoms with Gasteiger partial charge in [0.1, 0.15) is 0 Å². The van der Waals surface area contributed by atoms with Gasteiger partial charge in [-0.3, -0.25) is 0 Å². The number of hydrogen-bond acceptors (Lipinski definition) is 3. The first-order valence-electron chi connectivity index (χ1n) is 6.55. The molecular formula is C13H25N3O. The number of nitrogens with one attached hydrogen (secondary N) is 1. The van der Waals surface area contributed by atoms with Gasteiger partial charge in [0.05, 0.1) is 24.7 Å². The highest BCUT2D eigenvalue weighted by molar-refractivity contribution is 4.97. The third-order valence-corrected chi connectivity index (χ3v) is 2.47. The Balaban J connectivity index is 2.18. The van der Waals surface area contributed by atoms with Crippen molar-refractivity contribution in [3.8, 4) is 0 Å². The number of hydrogen-bond donors (Lipinski definition) is 1. The summed E-state index contributed by atoms with van der Waals surface area (Å²) >= 11 is 0. The summed E-state index contributed by atoms with van der Waals surface area (Å²) in [7, 11) is 0. The van der Waals surface area contributed by atoms with E-state index in [1.165, 1.54) is 6.42 Å². The molecule has 98 valence electrons. The van der Waals surface area contributed by atoms with Crippen molar-refractivity contribution >= 4 is 0 Å². The maximum absolute atomic E-state index is 5.51. The van der Waals surface area contributed by atoms with E-state index in [2.05, 4.69) is 41.8 Å². The van der Waals surface area contributed by atoms with Crippen LogP contribution < -0.4 is 5.32 Å². The first-order chi connectivity index (χ1) is 8.22. The molecular weight excluding hydrogens is 214 g/mol. The van der Waals surface area contributed by atoms with Gasteiger partial charge in [0.25, 0.3) is 0 Å². The summed E-state index contributed by atoms with van der Waals surface area (Å²) in [5.41, 5.74) is 1.15. The van der Waals surface area contributed by atoms with Crippen molar-refractivity contribution < 1.29 is 4.74 Å². The molecule has 0 unspecified atom stereocenters. The fraction of sp³-hybridized carbons (Fsp3) is 0.769. The molecule has 4 heteroatoms. The smallest absolute Gasteiger partial charge is 0.0950 e. The largest absolute Gasteiger partial charge is 0.377 e. The molecule has 0 fully saturated rings. The fourth-order valence-corrected chi connectivity index (χ4v) is 1.57. The Morgan fingerprint density at radius 1 is 1.41 bits per heavy atom. The van der Waals surface area contributed by atoms with Crippen LogP contribution in [0.1, 0.15) is 32.9 Å². The average molecular weight is 239 g/mol. The minimum Gasteiger partial charge on any atom is -0.377 e. The van der Waals surface area contributed by atoms with Gasteiger partial charge in [-0.05, 0) is 26.8 Å². The van der Waals surface area contributed by atoms with Crippen molar-refractivity contribution in [3.05, 3.63) is 18.2 Å². The summed E-state index contributed by atoms with van der Waals surface area (Å²) in [6.07, 6.45) is 6.48. The van der Waals surface area contributed by atoms with E-state index in [1.807, 2.05) is 6.33 Å². The van der Waals surface area contributed by atoms with Crippen LogP contribution in [0.4, 0.5) is 0 Å². The van der Waals surface area contributed by atoms with Crippen molar-refractivity contribution in [1.82, 2.24) is 14.9 Å². The van der Waals surface area contributed by atoms with Gasteiger partial charge in [0, 0.05) is 25.7 Å². The van der Waals surface area contributed by atoms with Crippen LogP contribution in [0, 0.1) is 0 Å². The third-order valence-electron chi connectivity index (χ3n) is 2.47. The average Bonchev–Trinajstić information content (AvgIpc) is 2.72. The Bertz CT molecular complexity index is 297. The van der Waals surface area contributed by atoms with E-state index in [9.17, 15) is 0 Å². The third kappa shape index (κ3) is 6.44. The second-order valence-electron chi connectivity index (χ2n) is 4.52. The Morgan fingerprint density at radius 2 is 2.24 bits per heavy atom. The molecule has 0 aliphatic rings. The molecule has 1 aromatic rings. The maximum Gasteiger partial charge on any atom is 0.0950 e. The molecule has 0 aromatic carbocycles. The van der Waals surface area contributed by atoms with Crippen LogP contribution in [-0.2, 0) is 17.7 Å². The van der Waals surface area contributed by atoms with Crippen LogP contribution in [0.2, 0.25) is 0 Å². The Kier molecular flexibility index (Phi) is 6.89. The molecule has 0 radical (unpaired) electrons. The molecule has 0 aliphatic heterocycles. The van der Waals surface area contributed by atoms with Crippen molar-refractivity contribution in [3.63, 3.8) is 0 Å². The normalized spacial score (nSPS) is 11.3. The van der Waals surface area contributed by atoms with Gasteiger partial charge in [0.15, 0.2) is 0 Å². The minimum atomic E-state index is 0.302. The first kappa shape index (κ1) is 14.2. The van der Waals surface area contributed by atoms with E-state index in [0.29, 0.717) is 6.10 Å². The second kappa shape index (κ2) is 8.25. The molecule has 0 aliphatic carbocycles. The molecule has 17 heavy (non-hydrogen) atoms. The molecule has 0 atom stereocenters. The van der Waals surface area contributed by atoms with Crippen LogP contribution in [0.3, 0.4) is 0 Å². The molecule has 1 rings (SSSR count). The van der Waals surface area contributed by atoms with Gasteiger partial charge < -0.3 is 14.6 Å². The SMILES string of the molecule is CCCNCCc1cn(CCOC(C)C)cn1. The van der Waals surface area contributed by atoms with E-state index in [1.54, 1.807) is 0 Å². The van der Waals surface area contributed by atoms with E-state index < -0.39 is 0 Å². The summed E-state index contributed by atoms with van der Waals surface area (Å²) in [5, 5.41) is 3.38. The lowest BCUT2D eigenvalue weighted by molar-refractivity contribution is 0.0727. The molecule has 0 spiro atoms. The highest BCUT2D eigenvalue weighted by atomic mass is 16.5. The van der Waals surface area contributed by atoms with Crippen LogP contribution in [0.15, 0.2) is 12.5 Å². The zero-order chi connectivity index (χ0) is 12.5. The topological polar surface area (TPSA) is 39.1 Å². The first-order valence-corrected chi connectivity index (χ1v) is 6.55. The van der Waals surface area contributed by atoms with E-state index in [0.717, 1.165) is 38.4 Å². The second-order valence-corrected chi connectivity index (χ2v) is 4.52. The number of imidazole rings is 1. The van der Waals surface area contributed by atoms with E-state index in [4.69, 9.17) is 4.74 Å². The van der Waals surface area contributed by atoms with Crippen molar-refractivity contribution in [2.24, 2.45) is 0 Å². The van der Waals surface area contributed by atoms with Gasteiger partial charge in [-0.15, -0.1) is 0 Å². The zero-order valence-corrected chi connectivity index (χ0v) is 11.3. The van der Waals surface area contributed by atoms with E-state index in [-0.39, 0.29) is 0 Å². The maximum atomic E-state index is 5.51. The quantitative estimate of drug-likeness (QED) is 0.668. The van der Waals surface area contributed by atoms with Gasteiger partial charge >= 0.3 is 0 Å². The van der Waals surface area contributed by atoms with Gasteiger partial charge in [-0.2, -0.15) is 0 Å². The predicted octanol–water partition coefficient (Wildman–Crippen LogP) is 1.85. The summed E-state index contributed by atoms with van der Waals surface area (Å²) in [5.74, 6) is 0. The molecule has 4 nitrogen and oxygen atoms in total. The number of nitrogens with zero attached hydrogens (tertiary/aromatic N) is 2. The molecule has 0 amide bonds. The predicted molar refractivity (Wildman–Crippen MR) is 70.2 cm³/mol. The zero-order valence-electron chi connectivity index (χ0n) is 11.3. The molecule has 0 saturated heterocycles. The van der Waals surface area contributed by atoms with E-state index >= 15 is 0 Å². The highest BCUT2D eigenvalue weighted by Gasteiger charge is 1.99. The standard InChI is InChI=1S/C13H25N3O/c1-4-6-14-7-5-13-10-16(11-15-13)8-9-17-12(2)3/h10-12,14H,4-9H2,1-3H3. The van der Waals surface area contributed by atoms with Crippen LogP contribution >= 0.6 is 0 Å². The van der Waals surface area contributed by atoms with Crippen molar-refractivity contribution in [2.75, 3.05) is 19.7 Å². The molecule has 0 saturated carbocycles. The van der Waals surface area contributed by atoms with Crippen molar-refractivity contribution in [1.29, 1.82) is 0 Å². The summed E-state index contributed by atoms with van der Waals surface area (Å²) in [4.78, 5) is 4.38. The summed E-state index contributed by atoms with van der Waals surface area (Å²) in [6.45, 7) is 10.0. The lowest BCUT2D eigenvalue weighted by Gasteiger charge is -2.07. The summed E-state index contributed by atoms with van der Waals surface area (Å²) in [6, 6.07) is 0. The molecule has 1 heterocycles. The van der Waals surface area contributed by atoms with Crippen LogP contribution in [-0.4, -0.2) is 35.4 Å². The number of ether oxygens (including phenoxy) is 1. The number of rotatable bonds is 9. The van der Waals surface area contributed by atoms with Crippen LogP contribution in [0.25, 0.3) is 0 Å². The highest BCUT2D eigenvalue weighted by Crippen LogP contribution is 1.98. The van der Waals surface area contributed by atoms with Gasteiger partial charge in [-0.25, -0.2) is 4.98 Å². The lowest BCUT2D eigenvalue weighted by Crippen LogP contribution is -2.17. The van der Waals surface area contributed by atoms with Crippen LogP contribution in [0.5, 0.6) is 0 Å². The Hall–Kier alpha value is -0.870. The van der Waals surface area contributed by atoms with Gasteiger partial charge in [-0.1, -0.05) is 6.92 Å². The van der Waals surface area contributed by atoms with Gasteiger partial charge in [0.2, 0.25) is 0 Å². The number of aromatic nitrogens is 2. The lowest BCUT2D eigenvalue weighted by atomic mass is 10.3. The fourth-order valence-electron chi connectivity index (χ4n) is 1.57. The monoisotopic (exact) mass is 239 g/mol.